The summed E-state index contributed by atoms with van der Waals surface area (Å²) < 4.78 is 5.19. The Morgan fingerprint density at radius 3 is 2.56 bits per heavy atom. The van der Waals surface area contributed by atoms with E-state index in [-0.39, 0.29) is 11.6 Å². The Morgan fingerprint density at radius 2 is 1.78 bits per heavy atom. The van der Waals surface area contributed by atoms with Crippen molar-refractivity contribution in [3.8, 4) is 33.6 Å². The van der Waals surface area contributed by atoms with E-state index in [1.807, 2.05) is 54.9 Å². The standard InChI is InChI=1S/C23H22N8O/c1-14(2)30-20(12-26-28-30)18-11-19(31-22(18)23(24)25-13-27-31)17-6-4-5-15(9-17)16-7-8-29(3)21(32)10-16/h4-14H,1-3H3,(H2,24,25,27). The van der Waals surface area contributed by atoms with Crippen LogP contribution < -0.4 is 11.3 Å². The molecular weight excluding hydrogens is 404 g/mol. The van der Waals surface area contributed by atoms with Gasteiger partial charge in [0.05, 0.1) is 17.6 Å². The van der Waals surface area contributed by atoms with Gasteiger partial charge >= 0.3 is 0 Å². The summed E-state index contributed by atoms with van der Waals surface area (Å²) in [6, 6.07) is 13.7. The molecule has 0 bridgehead atoms. The number of fused-ring (bicyclic) bond motifs is 1. The quantitative estimate of drug-likeness (QED) is 0.473. The van der Waals surface area contributed by atoms with E-state index in [2.05, 4.69) is 20.4 Å². The number of rotatable bonds is 4. The highest BCUT2D eigenvalue weighted by molar-refractivity contribution is 5.91. The van der Waals surface area contributed by atoms with Gasteiger partial charge in [-0.15, -0.1) is 5.10 Å². The number of hydrogen-bond donors (Lipinski definition) is 1. The molecule has 9 nitrogen and oxygen atoms in total. The number of nitrogen functional groups attached to an aromatic ring is 1. The molecule has 4 aromatic heterocycles. The number of anilines is 1. The van der Waals surface area contributed by atoms with Gasteiger partial charge in [0.2, 0.25) is 0 Å². The Morgan fingerprint density at radius 1 is 1.00 bits per heavy atom. The Balaban J connectivity index is 1.72. The van der Waals surface area contributed by atoms with Crippen molar-refractivity contribution < 1.29 is 0 Å². The predicted molar refractivity (Wildman–Crippen MR) is 123 cm³/mol. The predicted octanol–water partition coefficient (Wildman–Crippen LogP) is 3.18. The van der Waals surface area contributed by atoms with Gasteiger partial charge in [-0.1, -0.05) is 23.4 Å². The zero-order chi connectivity index (χ0) is 22.4. The minimum atomic E-state index is -0.0571. The number of aryl methyl sites for hydroxylation is 1. The second-order valence-corrected chi connectivity index (χ2v) is 7.95. The maximum absolute atomic E-state index is 12.1. The van der Waals surface area contributed by atoms with Crippen LogP contribution in [-0.2, 0) is 7.05 Å². The van der Waals surface area contributed by atoms with E-state index < -0.39 is 0 Å². The molecule has 2 N–H and O–H groups in total. The summed E-state index contributed by atoms with van der Waals surface area (Å²) >= 11 is 0. The topological polar surface area (TPSA) is 109 Å². The van der Waals surface area contributed by atoms with Gasteiger partial charge in [-0.3, -0.25) is 4.79 Å². The second kappa shape index (κ2) is 7.45. The first kappa shape index (κ1) is 19.7. The molecular formula is C23H22N8O. The first-order valence-corrected chi connectivity index (χ1v) is 10.2. The molecule has 5 aromatic rings. The first-order valence-electron chi connectivity index (χ1n) is 10.2. The lowest BCUT2D eigenvalue weighted by Gasteiger charge is -2.09. The SMILES string of the molecule is CC(C)n1nncc1-c1cc(-c2cccc(-c3ccn(C)c(=O)c3)c2)n2ncnc(N)c12. The van der Waals surface area contributed by atoms with Crippen molar-refractivity contribution in [2.45, 2.75) is 19.9 Å². The zero-order valence-electron chi connectivity index (χ0n) is 18.0. The maximum Gasteiger partial charge on any atom is 0.250 e. The van der Waals surface area contributed by atoms with Gasteiger partial charge in [0, 0.05) is 36.5 Å². The molecule has 1 aromatic carbocycles. The molecule has 5 rings (SSSR count). The molecule has 0 fully saturated rings. The molecule has 32 heavy (non-hydrogen) atoms. The van der Waals surface area contributed by atoms with Gasteiger partial charge < -0.3 is 10.3 Å². The van der Waals surface area contributed by atoms with Crippen molar-refractivity contribution in [1.29, 1.82) is 0 Å². The average molecular weight is 426 g/mol. The van der Waals surface area contributed by atoms with E-state index >= 15 is 0 Å². The molecule has 160 valence electrons. The fourth-order valence-electron chi connectivity index (χ4n) is 3.87. The van der Waals surface area contributed by atoms with E-state index in [1.165, 1.54) is 6.33 Å². The van der Waals surface area contributed by atoms with Gasteiger partial charge in [0.25, 0.3) is 5.56 Å². The molecule has 0 saturated carbocycles. The summed E-state index contributed by atoms with van der Waals surface area (Å²) in [6.45, 7) is 4.09. The average Bonchev–Trinajstić information content (AvgIpc) is 3.41. The smallest absolute Gasteiger partial charge is 0.250 e. The summed E-state index contributed by atoms with van der Waals surface area (Å²) in [5.41, 5.74) is 12.2. The molecule has 0 unspecified atom stereocenters. The van der Waals surface area contributed by atoms with Crippen molar-refractivity contribution in [3.63, 3.8) is 0 Å². The van der Waals surface area contributed by atoms with Gasteiger partial charge in [0.1, 0.15) is 11.8 Å². The van der Waals surface area contributed by atoms with Crippen molar-refractivity contribution in [2.24, 2.45) is 7.05 Å². The van der Waals surface area contributed by atoms with Gasteiger partial charge in [-0.2, -0.15) is 5.10 Å². The minimum Gasteiger partial charge on any atom is -0.382 e. The van der Waals surface area contributed by atoms with Crippen LogP contribution in [0.1, 0.15) is 19.9 Å². The summed E-state index contributed by atoms with van der Waals surface area (Å²) in [6.07, 6.45) is 4.93. The van der Waals surface area contributed by atoms with Gasteiger partial charge in [-0.05, 0) is 43.2 Å². The second-order valence-electron chi connectivity index (χ2n) is 7.95. The monoisotopic (exact) mass is 426 g/mol. The highest BCUT2D eigenvalue weighted by atomic mass is 16.1. The molecule has 0 aliphatic heterocycles. The Hall–Kier alpha value is -4.27. The number of pyridine rings is 1. The molecule has 4 heterocycles. The third-order valence-corrected chi connectivity index (χ3v) is 5.52. The lowest BCUT2D eigenvalue weighted by molar-refractivity contribution is 0.519. The maximum atomic E-state index is 12.1. The van der Waals surface area contributed by atoms with Crippen LogP contribution >= 0.6 is 0 Å². The van der Waals surface area contributed by atoms with Crippen LogP contribution in [0.3, 0.4) is 0 Å². The number of aromatic nitrogens is 7. The van der Waals surface area contributed by atoms with Crippen LogP contribution in [0.2, 0.25) is 0 Å². The number of nitrogens with two attached hydrogens (primary N) is 1. The molecule has 0 saturated heterocycles. The minimum absolute atomic E-state index is 0.0571. The lowest BCUT2D eigenvalue weighted by Crippen LogP contribution is -2.14. The van der Waals surface area contributed by atoms with E-state index in [1.54, 1.807) is 34.6 Å². The van der Waals surface area contributed by atoms with Crippen LogP contribution in [0, 0.1) is 0 Å². The summed E-state index contributed by atoms with van der Waals surface area (Å²) in [5.74, 6) is 0.375. The van der Waals surface area contributed by atoms with Crippen LogP contribution in [0.25, 0.3) is 39.2 Å². The highest BCUT2D eigenvalue weighted by Gasteiger charge is 2.20. The van der Waals surface area contributed by atoms with Crippen molar-refractivity contribution in [3.05, 3.63) is 71.5 Å². The molecule has 0 spiro atoms. The Labute approximate surface area is 183 Å². The summed E-state index contributed by atoms with van der Waals surface area (Å²) in [5, 5.41) is 12.8. The molecule has 9 heteroatoms. The molecule has 0 aliphatic rings. The van der Waals surface area contributed by atoms with E-state index in [0.717, 1.165) is 33.6 Å². The molecule has 0 atom stereocenters. The van der Waals surface area contributed by atoms with Crippen molar-refractivity contribution in [2.75, 3.05) is 5.73 Å². The first-order chi connectivity index (χ1) is 15.4. The number of benzene rings is 1. The molecule has 0 aliphatic carbocycles. The van der Waals surface area contributed by atoms with Crippen LogP contribution in [-0.4, -0.2) is 34.2 Å². The fraction of sp³-hybridized carbons (Fsp3) is 0.174. The van der Waals surface area contributed by atoms with E-state index in [4.69, 9.17) is 5.73 Å². The Kier molecular flexibility index (Phi) is 4.58. The summed E-state index contributed by atoms with van der Waals surface area (Å²) in [7, 11) is 1.73. The summed E-state index contributed by atoms with van der Waals surface area (Å²) in [4.78, 5) is 16.3. The van der Waals surface area contributed by atoms with E-state index in [0.29, 0.717) is 11.3 Å². The normalized spacial score (nSPS) is 11.5. The molecule has 0 amide bonds. The largest absolute Gasteiger partial charge is 0.382 e. The number of nitrogens with zero attached hydrogens (tertiary/aromatic N) is 7. The van der Waals surface area contributed by atoms with Crippen LogP contribution in [0.4, 0.5) is 5.82 Å². The lowest BCUT2D eigenvalue weighted by atomic mass is 10.0. The zero-order valence-corrected chi connectivity index (χ0v) is 18.0. The number of hydrogen-bond acceptors (Lipinski definition) is 6. The third-order valence-electron chi connectivity index (χ3n) is 5.52. The fourth-order valence-corrected chi connectivity index (χ4v) is 3.87. The highest BCUT2D eigenvalue weighted by Crippen LogP contribution is 2.36. The van der Waals surface area contributed by atoms with Crippen molar-refractivity contribution in [1.82, 2.24) is 34.2 Å². The van der Waals surface area contributed by atoms with Crippen LogP contribution in [0.15, 0.2) is 66.0 Å². The molecule has 0 radical (unpaired) electrons. The van der Waals surface area contributed by atoms with E-state index in [9.17, 15) is 4.79 Å². The van der Waals surface area contributed by atoms with Crippen molar-refractivity contribution >= 4 is 11.3 Å². The van der Waals surface area contributed by atoms with Gasteiger partial charge in [0.15, 0.2) is 5.82 Å². The van der Waals surface area contributed by atoms with Crippen LogP contribution in [0.5, 0.6) is 0 Å². The van der Waals surface area contributed by atoms with Gasteiger partial charge in [-0.25, -0.2) is 14.2 Å². The third kappa shape index (κ3) is 3.15. The Bertz CT molecular complexity index is 1510.